The second-order valence-corrected chi connectivity index (χ2v) is 5.35. The Labute approximate surface area is 139 Å². The number of aromatic nitrogens is 2. The Kier molecular flexibility index (Phi) is 5.18. The smallest absolute Gasteiger partial charge is 0.246 e. The average Bonchev–Trinajstić information content (AvgIpc) is 3.08. The Bertz CT molecular complexity index is 759. The summed E-state index contributed by atoms with van der Waals surface area (Å²) in [6.07, 6.45) is 0.647. The summed E-state index contributed by atoms with van der Waals surface area (Å²) in [6.45, 7) is 1.24. The van der Waals surface area contributed by atoms with Crippen LogP contribution in [0.1, 0.15) is 12.3 Å². The van der Waals surface area contributed by atoms with Gasteiger partial charge in [-0.1, -0.05) is 23.4 Å². The monoisotopic (exact) mass is 327 g/mol. The highest BCUT2D eigenvalue weighted by Gasteiger charge is 2.13. The van der Waals surface area contributed by atoms with E-state index in [0.29, 0.717) is 36.8 Å². The number of rotatable bonds is 7. The van der Waals surface area contributed by atoms with E-state index >= 15 is 0 Å². The van der Waals surface area contributed by atoms with Crippen molar-refractivity contribution >= 4 is 5.69 Å². The molecule has 6 heteroatoms. The molecule has 0 atom stereocenters. The van der Waals surface area contributed by atoms with Crippen LogP contribution in [-0.4, -0.2) is 28.4 Å². The number of benzene rings is 2. The maximum atomic E-state index is 13.0. The second kappa shape index (κ2) is 7.70. The summed E-state index contributed by atoms with van der Waals surface area (Å²) < 4.78 is 18.3. The van der Waals surface area contributed by atoms with Gasteiger partial charge in [0.2, 0.25) is 11.7 Å². The molecule has 0 spiro atoms. The minimum absolute atomic E-state index is 0.119. The van der Waals surface area contributed by atoms with E-state index < -0.39 is 0 Å². The summed E-state index contributed by atoms with van der Waals surface area (Å²) in [4.78, 5) is 6.45. The number of anilines is 1. The molecule has 5 nitrogen and oxygen atoms in total. The van der Waals surface area contributed by atoms with Crippen molar-refractivity contribution in [1.82, 2.24) is 10.1 Å². The molecule has 0 amide bonds. The molecule has 0 radical (unpaired) electrons. The minimum atomic E-state index is -0.304. The Balaban J connectivity index is 1.76. The number of para-hydroxylation sites is 1. The zero-order valence-electron chi connectivity index (χ0n) is 13.1. The zero-order valence-corrected chi connectivity index (χ0v) is 13.1. The second-order valence-electron chi connectivity index (χ2n) is 5.35. The first-order chi connectivity index (χ1) is 11.8. The van der Waals surface area contributed by atoms with Crippen molar-refractivity contribution in [2.45, 2.75) is 13.0 Å². The van der Waals surface area contributed by atoms with E-state index in [1.807, 2.05) is 30.3 Å². The first-order valence-corrected chi connectivity index (χ1v) is 7.75. The van der Waals surface area contributed by atoms with Crippen molar-refractivity contribution in [3.8, 4) is 11.4 Å². The topological polar surface area (TPSA) is 62.4 Å². The number of aliphatic hydroxyl groups excluding tert-OH is 1. The number of aliphatic hydroxyl groups is 1. The van der Waals surface area contributed by atoms with E-state index in [-0.39, 0.29) is 12.4 Å². The first-order valence-electron chi connectivity index (χ1n) is 7.75. The van der Waals surface area contributed by atoms with Gasteiger partial charge in [-0.05, 0) is 42.8 Å². The number of hydrogen-bond donors (Lipinski definition) is 1. The highest BCUT2D eigenvalue weighted by Crippen LogP contribution is 2.19. The molecular formula is C18H18FN3O2. The normalized spacial score (nSPS) is 10.8. The molecule has 2 aromatic carbocycles. The molecular weight excluding hydrogens is 309 g/mol. The van der Waals surface area contributed by atoms with Gasteiger partial charge in [0.25, 0.3) is 0 Å². The Morgan fingerprint density at radius 2 is 1.79 bits per heavy atom. The molecule has 0 aliphatic carbocycles. The predicted molar refractivity (Wildman–Crippen MR) is 88.9 cm³/mol. The van der Waals surface area contributed by atoms with Gasteiger partial charge in [0, 0.05) is 24.4 Å². The van der Waals surface area contributed by atoms with Crippen molar-refractivity contribution in [2.75, 3.05) is 18.1 Å². The lowest BCUT2D eigenvalue weighted by atomic mass is 10.2. The van der Waals surface area contributed by atoms with Crippen LogP contribution in [0.4, 0.5) is 10.1 Å². The van der Waals surface area contributed by atoms with Crippen LogP contribution in [0.3, 0.4) is 0 Å². The molecule has 1 heterocycles. The lowest BCUT2D eigenvalue weighted by Gasteiger charge is -2.22. The van der Waals surface area contributed by atoms with Crippen LogP contribution in [0.5, 0.6) is 0 Å². The van der Waals surface area contributed by atoms with Crippen LogP contribution in [-0.2, 0) is 6.54 Å². The van der Waals surface area contributed by atoms with E-state index in [1.54, 1.807) is 12.1 Å². The average molecular weight is 327 g/mol. The molecule has 0 fully saturated rings. The summed E-state index contributed by atoms with van der Waals surface area (Å²) in [5.41, 5.74) is 1.72. The quantitative estimate of drug-likeness (QED) is 0.721. The fourth-order valence-corrected chi connectivity index (χ4v) is 2.40. The highest BCUT2D eigenvalue weighted by molar-refractivity contribution is 5.54. The molecule has 124 valence electrons. The van der Waals surface area contributed by atoms with Gasteiger partial charge in [-0.25, -0.2) is 4.39 Å². The summed E-state index contributed by atoms with van der Waals surface area (Å²) in [5.74, 6) is 0.595. The number of halogens is 1. The minimum Gasteiger partial charge on any atom is -0.396 e. The summed E-state index contributed by atoms with van der Waals surface area (Å²) >= 11 is 0. The van der Waals surface area contributed by atoms with E-state index in [2.05, 4.69) is 15.0 Å². The van der Waals surface area contributed by atoms with Gasteiger partial charge in [-0.15, -0.1) is 0 Å². The fraction of sp³-hybridized carbons (Fsp3) is 0.222. The third-order valence-corrected chi connectivity index (χ3v) is 3.60. The molecule has 0 saturated heterocycles. The number of nitrogens with zero attached hydrogens (tertiary/aromatic N) is 3. The van der Waals surface area contributed by atoms with E-state index in [0.717, 1.165) is 5.69 Å². The van der Waals surface area contributed by atoms with Crippen LogP contribution in [0.2, 0.25) is 0 Å². The lowest BCUT2D eigenvalue weighted by Crippen LogP contribution is -2.24. The third kappa shape index (κ3) is 3.97. The zero-order chi connectivity index (χ0) is 16.8. The molecule has 0 aliphatic heterocycles. The van der Waals surface area contributed by atoms with Gasteiger partial charge in [0.1, 0.15) is 5.82 Å². The highest BCUT2D eigenvalue weighted by atomic mass is 19.1. The van der Waals surface area contributed by atoms with Crippen molar-refractivity contribution in [3.63, 3.8) is 0 Å². The Hall–Kier alpha value is -2.73. The van der Waals surface area contributed by atoms with Crippen LogP contribution in [0.15, 0.2) is 59.1 Å². The summed E-state index contributed by atoms with van der Waals surface area (Å²) in [7, 11) is 0. The Morgan fingerprint density at radius 3 is 2.50 bits per heavy atom. The summed E-state index contributed by atoms with van der Waals surface area (Å²) in [5, 5.41) is 13.1. The standard InChI is InChI=1S/C18H18FN3O2/c19-15-9-7-14(8-10-15)18-20-17(24-21-18)13-22(11-4-12-23)16-5-2-1-3-6-16/h1-3,5-10,23H,4,11-13H2. The van der Waals surface area contributed by atoms with Crippen molar-refractivity contribution in [3.05, 3.63) is 66.3 Å². The first kappa shape index (κ1) is 16.1. The lowest BCUT2D eigenvalue weighted by molar-refractivity contribution is 0.288. The van der Waals surface area contributed by atoms with Gasteiger partial charge in [0.05, 0.1) is 6.54 Å². The third-order valence-electron chi connectivity index (χ3n) is 3.60. The maximum Gasteiger partial charge on any atom is 0.246 e. The van der Waals surface area contributed by atoms with Gasteiger partial charge >= 0.3 is 0 Å². The molecule has 24 heavy (non-hydrogen) atoms. The molecule has 1 aromatic heterocycles. The fourth-order valence-electron chi connectivity index (χ4n) is 2.40. The van der Waals surface area contributed by atoms with Crippen LogP contribution >= 0.6 is 0 Å². The van der Waals surface area contributed by atoms with Gasteiger partial charge < -0.3 is 14.5 Å². The van der Waals surface area contributed by atoms with E-state index in [9.17, 15) is 4.39 Å². The molecule has 0 aliphatic rings. The van der Waals surface area contributed by atoms with Gasteiger partial charge in [0.15, 0.2) is 0 Å². The maximum absolute atomic E-state index is 13.0. The molecule has 0 bridgehead atoms. The van der Waals surface area contributed by atoms with Crippen LogP contribution in [0, 0.1) is 5.82 Å². The van der Waals surface area contributed by atoms with Crippen LogP contribution in [0.25, 0.3) is 11.4 Å². The van der Waals surface area contributed by atoms with E-state index in [4.69, 9.17) is 9.63 Å². The molecule has 1 N–H and O–H groups in total. The predicted octanol–water partition coefficient (Wildman–Crippen LogP) is 3.26. The largest absolute Gasteiger partial charge is 0.396 e. The van der Waals surface area contributed by atoms with Crippen LogP contribution < -0.4 is 4.90 Å². The molecule has 0 unspecified atom stereocenters. The van der Waals surface area contributed by atoms with Gasteiger partial charge in [-0.2, -0.15) is 4.98 Å². The van der Waals surface area contributed by atoms with Crippen molar-refractivity contribution in [2.24, 2.45) is 0 Å². The molecule has 0 saturated carbocycles. The SMILES string of the molecule is OCCCN(Cc1nc(-c2ccc(F)cc2)no1)c1ccccc1. The number of hydrogen-bond acceptors (Lipinski definition) is 5. The van der Waals surface area contributed by atoms with E-state index in [1.165, 1.54) is 12.1 Å². The summed E-state index contributed by atoms with van der Waals surface area (Å²) in [6, 6.07) is 15.8. The van der Waals surface area contributed by atoms with Crippen molar-refractivity contribution < 1.29 is 14.0 Å². The molecule has 3 aromatic rings. The van der Waals surface area contributed by atoms with Gasteiger partial charge in [-0.3, -0.25) is 0 Å². The Morgan fingerprint density at radius 1 is 1.04 bits per heavy atom. The molecule has 3 rings (SSSR count). The van der Waals surface area contributed by atoms with Crippen molar-refractivity contribution in [1.29, 1.82) is 0 Å².